The summed E-state index contributed by atoms with van der Waals surface area (Å²) in [7, 11) is 1.64. The van der Waals surface area contributed by atoms with Gasteiger partial charge in [0.2, 0.25) is 5.95 Å². The van der Waals surface area contributed by atoms with Gasteiger partial charge in [-0.2, -0.15) is 0 Å². The summed E-state index contributed by atoms with van der Waals surface area (Å²) in [6, 6.07) is 13.5. The lowest BCUT2D eigenvalue weighted by Crippen LogP contribution is -1.98. The molecule has 2 N–H and O–H groups in total. The highest BCUT2D eigenvalue weighted by Gasteiger charge is 2.09. The first kappa shape index (κ1) is 14.2. The highest BCUT2D eigenvalue weighted by Crippen LogP contribution is 2.27. The number of benzene rings is 1. The van der Waals surface area contributed by atoms with E-state index in [0.29, 0.717) is 5.95 Å². The number of aromatic nitrogens is 4. The van der Waals surface area contributed by atoms with Crippen molar-refractivity contribution in [3.8, 4) is 17.0 Å². The fourth-order valence-electron chi connectivity index (χ4n) is 2.57. The van der Waals surface area contributed by atoms with Crippen LogP contribution in [0.5, 0.6) is 5.75 Å². The summed E-state index contributed by atoms with van der Waals surface area (Å²) in [4.78, 5) is 16.4. The van der Waals surface area contributed by atoms with Crippen molar-refractivity contribution in [2.75, 3.05) is 12.4 Å². The van der Waals surface area contributed by atoms with Gasteiger partial charge in [0.15, 0.2) is 0 Å². The summed E-state index contributed by atoms with van der Waals surface area (Å²) in [5.41, 5.74) is 3.53. The predicted octanol–water partition coefficient (Wildman–Crippen LogP) is 3.77. The van der Waals surface area contributed by atoms with Gasteiger partial charge in [-0.05, 0) is 30.3 Å². The van der Waals surface area contributed by atoms with Crippen LogP contribution in [-0.4, -0.2) is 27.0 Å². The van der Waals surface area contributed by atoms with Crippen molar-refractivity contribution < 1.29 is 4.74 Å². The molecule has 0 amide bonds. The average Bonchev–Trinajstić information content (AvgIpc) is 3.06. The van der Waals surface area contributed by atoms with E-state index in [1.54, 1.807) is 19.5 Å². The molecule has 3 aromatic heterocycles. The Balaban J connectivity index is 1.68. The number of rotatable bonds is 4. The minimum atomic E-state index is 0.527. The molecule has 0 unspecified atom stereocenters. The van der Waals surface area contributed by atoms with Crippen molar-refractivity contribution in [1.29, 1.82) is 0 Å². The normalized spacial score (nSPS) is 10.7. The quantitative estimate of drug-likeness (QED) is 0.599. The maximum Gasteiger partial charge on any atom is 0.227 e. The zero-order valence-corrected chi connectivity index (χ0v) is 13.0. The Morgan fingerprint density at radius 3 is 2.92 bits per heavy atom. The van der Waals surface area contributed by atoms with Gasteiger partial charge in [0.05, 0.1) is 12.8 Å². The van der Waals surface area contributed by atoms with Crippen molar-refractivity contribution in [2.45, 2.75) is 0 Å². The van der Waals surface area contributed by atoms with Crippen LogP contribution < -0.4 is 10.1 Å². The number of fused-ring (bicyclic) bond motifs is 1. The molecule has 0 aliphatic carbocycles. The van der Waals surface area contributed by atoms with E-state index in [1.807, 2.05) is 48.7 Å². The molecule has 0 saturated carbocycles. The second-order valence-electron chi connectivity index (χ2n) is 5.22. The summed E-state index contributed by atoms with van der Waals surface area (Å²) in [5, 5.41) is 4.23. The molecule has 3 heterocycles. The van der Waals surface area contributed by atoms with Crippen molar-refractivity contribution >= 4 is 22.7 Å². The maximum atomic E-state index is 5.23. The molecule has 118 valence electrons. The van der Waals surface area contributed by atoms with Crippen molar-refractivity contribution in [3.05, 3.63) is 61.1 Å². The topological polar surface area (TPSA) is 75.7 Å². The molecule has 1 aromatic carbocycles. The first-order valence-electron chi connectivity index (χ1n) is 7.50. The van der Waals surface area contributed by atoms with Gasteiger partial charge in [0.1, 0.15) is 11.4 Å². The van der Waals surface area contributed by atoms with Gasteiger partial charge in [-0.3, -0.25) is 0 Å². The third-order valence-corrected chi connectivity index (χ3v) is 3.71. The van der Waals surface area contributed by atoms with Gasteiger partial charge >= 0.3 is 0 Å². The van der Waals surface area contributed by atoms with Gasteiger partial charge in [0.25, 0.3) is 0 Å². The third-order valence-electron chi connectivity index (χ3n) is 3.71. The number of pyridine rings is 1. The summed E-state index contributed by atoms with van der Waals surface area (Å²) < 4.78 is 5.23. The van der Waals surface area contributed by atoms with Gasteiger partial charge in [-0.25, -0.2) is 15.0 Å². The Morgan fingerprint density at radius 2 is 2.00 bits per heavy atom. The standard InChI is InChI=1S/C18H15N5O/c1-24-13-5-2-4-12(10-13)22-18-20-9-7-16(23-18)15-11-21-17-14(15)6-3-8-19-17/h2-11H,1H3,(H,19,21)(H,20,22,23). The number of H-pyrrole nitrogens is 1. The Morgan fingerprint density at radius 1 is 1.04 bits per heavy atom. The SMILES string of the molecule is COc1cccc(Nc2nccc(-c3c[nH]c4ncccc34)n2)c1. The zero-order valence-electron chi connectivity index (χ0n) is 13.0. The fourth-order valence-corrected chi connectivity index (χ4v) is 2.57. The van der Waals surface area contributed by atoms with E-state index < -0.39 is 0 Å². The lowest BCUT2D eigenvalue weighted by Gasteiger charge is -2.07. The van der Waals surface area contributed by atoms with E-state index in [9.17, 15) is 0 Å². The highest BCUT2D eigenvalue weighted by atomic mass is 16.5. The van der Waals surface area contributed by atoms with Crippen LogP contribution in [0.4, 0.5) is 11.6 Å². The molecule has 0 aliphatic rings. The molecule has 4 rings (SSSR count). The molecule has 6 nitrogen and oxygen atoms in total. The van der Waals surface area contributed by atoms with Gasteiger partial charge in [-0.15, -0.1) is 0 Å². The van der Waals surface area contributed by atoms with Crippen molar-refractivity contribution in [1.82, 2.24) is 19.9 Å². The van der Waals surface area contributed by atoms with Crippen LogP contribution in [0.15, 0.2) is 61.1 Å². The molecule has 0 spiro atoms. The smallest absolute Gasteiger partial charge is 0.227 e. The van der Waals surface area contributed by atoms with Crippen LogP contribution in [0.25, 0.3) is 22.3 Å². The van der Waals surface area contributed by atoms with Crippen LogP contribution in [0, 0.1) is 0 Å². The number of nitrogens with one attached hydrogen (secondary N) is 2. The van der Waals surface area contributed by atoms with Gasteiger partial charge in [-0.1, -0.05) is 6.07 Å². The maximum absolute atomic E-state index is 5.23. The minimum Gasteiger partial charge on any atom is -0.497 e. The fraction of sp³-hybridized carbons (Fsp3) is 0.0556. The Labute approximate surface area is 138 Å². The molecule has 0 radical (unpaired) electrons. The molecular weight excluding hydrogens is 302 g/mol. The monoisotopic (exact) mass is 317 g/mol. The Bertz CT molecular complexity index is 995. The Hall–Kier alpha value is -3.41. The third kappa shape index (κ3) is 2.65. The lowest BCUT2D eigenvalue weighted by molar-refractivity contribution is 0.415. The molecule has 24 heavy (non-hydrogen) atoms. The number of nitrogens with zero attached hydrogens (tertiary/aromatic N) is 3. The molecule has 0 atom stereocenters. The van der Waals surface area contributed by atoms with E-state index in [-0.39, 0.29) is 0 Å². The predicted molar refractivity (Wildman–Crippen MR) is 93.4 cm³/mol. The van der Waals surface area contributed by atoms with Crippen LogP contribution in [0.3, 0.4) is 0 Å². The van der Waals surface area contributed by atoms with E-state index in [4.69, 9.17) is 4.74 Å². The van der Waals surface area contributed by atoms with Gasteiger partial charge in [0, 0.05) is 41.3 Å². The molecule has 6 heteroatoms. The molecule has 0 fully saturated rings. The highest BCUT2D eigenvalue weighted by molar-refractivity contribution is 5.92. The summed E-state index contributed by atoms with van der Waals surface area (Å²) in [6.07, 6.45) is 5.41. The first-order valence-corrected chi connectivity index (χ1v) is 7.50. The summed E-state index contributed by atoms with van der Waals surface area (Å²) in [5.74, 6) is 1.30. The number of anilines is 2. The second kappa shape index (κ2) is 6.00. The Kier molecular flexibility index (Phi) is 3.55. The molecule has 0 bridgehead atoms. The van der Waals surface area contributed by atoms with Gasteiger partial charge < -0.3 is 15.0 Å². The van der Waals surface area contributed by atoms with E-state index >= 15 is 0 Å². The first-order chi connectivity index (χ1) is 11.8. The van der Waals surface area contributed by atoms with Crippen LogP contribution >= 0.6 is 0 Å². The molecule has 4 aromatic rings. The van der Waals surface area contributed by atoms with Crippen molar-refractivity contribution in [2.24, 2.45) is 0 Å². The number of aromatic amines is 1. The van der Waals surface area contributed by atoms with Crippen molar-refractivity contribution in [3.63, 3.8) is 0 Å². The van der Waals surface area contributed by atoms with E-state index in [2.05, 4.69) is 25.3 Å². The molecule has 0 saturated heterocycles. The van der Waals surface area contributed by atoms with E-state index in [1.165, 1.54) is 0 Å². The second-order valence-corrected chi connectivity index (χ2v) is 5.22. The average molecular weight is 317 g/mol. The molecule has 0 aliphatic heterocycles. The lowest BCUT2D eigenvalue weighted by atomic mass is 10.1. The summed E-state index contributed by atoms with van der Waals surface area (Å²) in [6.45, 7) is 0. The number of methoxy groups -OCH3 is 1. The molecular formula is C18H15N5O. The minimum absolute atomic E-state index is 0.527. The largest absolute Gasteiger partial charge is 0.497 e. The zero-order chi connectivity index (χ0) is 16.4. The number of ether oxygens (including phenoxy) is 1. The number of hydrogen-bond acceptors (Lipinski definition) is 5. The van der Waals surface area contributed by atoms with Crippen LogP contribution in [0.1, 0.15) is 0 Å². The van der Waals surface area contributed by atoms with Crippen LogP contribution in [0.2, 0.25) is 0 Å². The number of hydrogen-bond donors (Lipinski definition) is 2. The summed E-state index contributed by atoms with van der Waals surface area (Å²) >= 11 is 0. The van der Waals surface area contributed by atoms with E-state index in [0.717, 1.165) is 33.7 Å². The van der Waals surface area contributed by atoms with Crippen LogP contribution in [-0.2, 0) is 0 Å².